The minimum Gasteiger partial charge on any atom is -0.493 e. The summed E-state index contributed by atoms with van der Waals surface area (Å²) in [5.74, 6) is -0.278. The fourth-order valence-electron chi connectivity index (χ4n) is 2.17. The molecule has 0 unspecified atom stereocenters. The molecule has 0 atom stereocenters. The van der Waals surface area contributed by atoms with Crippen LogP contribution in [0, 0.1) is 6.92 Å². The summed E-state index contributed by atoms with van der Waals surface area (Å²) in [4.78, 5) is 24.4. The molecule has 0 radical (unpaired) electrons. The Morgan fingerprint density at radius 3 is 2.54 bits per heavy atom. The molecular weight excluding hydrogens is 350 g/mol. The molecule has 0 aliphatic carbocycles. The monoisotopic (exact) mass is 371 g/mol. The van der Waals surface area contributed by atoms with Crippen molar-refractivity contribution in [3.8, 4) is 5.75 Å². The van der Waals surface area contributed by atoms with Crippen LogP contribution < -0.4 is 20.9 Å². The average Bonchev–Trinajstić information content (AvgIpc) is 2.64. The number of thiocarbonyl (C=S) groups is 1. The van der Waals surface area contributed by atoms with Crippen LogP contribution in [0.2, 0.25) is 0 Å². The third-order valence-electron chi connectivity index (χ3n) is 3.39. The van der Waals surface area contributed by atoms with Gasteiger partial charge in [0, 0.05) is 5.56 Å². The maximum Gasteiger partial charge on any atom is 0.273 e. The predicted octanol–water partition coefficient (Wildman–Crippen LogP) is 2.73. The summed E-state index contributed by atoms with van der Waals surface area (Å²) in [6.45, 7) is 4.40. The summed E-state index contributed by atoms with van der Waals surface area (Å²) in [5, 5.41) is 2.51. The molecule has 2 aromatic rings. The van der Waals surface area contributed by atoms with E-state index in [2.05, 4.69) is 16.2 Å². The Hall–Kier alpha value is -2.93. The van der Waals surface area contributed by atoms with Crippen LogP contribution in [0.25, 0.3) is 0 Å². The standard InChI is InChI=1S/C19H21N3O3S/c1-3-11-25-16-10-5-4-9-15(16)18(24)21-22-19(26)20-17(23)14-8-6-7-13(2)12-14/h4-10,12H,3,11H2,1-2H3,(H,21,24)(H2,20,22,23,26). The summed E-state index contributed by atoms with van der Waals surface area (Å²) in [6.07, 6.45) is 0.837. The number of ether oxygens (including phenoxy) is 1. The van der Waals surface area contributed by atoms with Crippen molar-refractivity contribution in [1.82, 2.24) is 16.2 Å². The molecule has 0 bridgehead atoms. The number of aryl methyl sites for hydroxylation is 1. The van der Waals surface area contributed by atoms with Crippen LogP contribution >= 0.6 is 12.2 Å². The molecule has 2 aromatic carbocycles. The van der Waals surface area contributed by atoms with Gasteiger partial charge in [0.2, 0.25) is 0 Å². The van der Waals surface area contributed by atoms with Crippen LogP contribution in [0.15, 0.2) is 48.5 Å². The van der Waals surface area contributed by atoms with Gasteiger partial charge < -0.3 is 4.74 Å². The number of amides is 2. The highest BCUT2D eigenvalue weighted by molar-refractivity contribution is 7.80. The van der Waals surface area contributed by atoms with E-state index in [1.54, 1.807) is 42.5 Å². The zero-order chi connectivity index (χ0) is 18.9. The number of carbonyl (C=O) groups excluding carboxylic acids is 2. The molecule has 26 heavy (non-hydrogen) atoms. The minimum atomic E-state index is -0.413. The Bertz CT molecular complexity index is 808. The van der Waals surface area contributed by atoms with Crippen LogP contribution in [0.4, 0.5) is 0 Å². The summed E-state index contributed by atoms with van der Waals surface area (Å²) in [6, 6.07) is 14.0. The summed E-state index contributed by atoms with van der Waals surface area (Å²) >= 11 is 5.05. The van der Waals surface area contributed by atoms with Crippen molar-refractivity contribution in [3.05, 3.63) is 65.2 Å². The maximum atomic E-state index is 12.3. The summed E-state index contributed by atoms with van der Waals surface area (Å²) < 4.78 is 5.56. The molecule has 0 heterocycles. The molecule has 136 valence electrons. The highest BCUT2D eigenvalue weighted by atomic mass is 32.1. The van der Waals surface area contributed by atoms with Gasteiger partial charge in [0.05, 0.1) is 12.2 Å². The van der Waals surface area contributed by atoms with E-state index >= 15 is 0 Å². The second-order valence-electron chi connectivity index (χ2n) is 5.58. The van der Waals surface area contributed by atoms with Gasteiger partial charge in [-0.3, -0.25) is 25.8 Å². The fraction of sp³-hybridized carbons (Fsp3) is 0.211. The first-order valence-corrected chi connectivity index (χ1v) is 8.62. The van der Waals surface area contributed by atoms with Crippen molar-refractivity contribution in [2.75, 3.05) is 6.61 Å². The maximum absolute atomic E-state index is 12.3. The zero-order valence-corrected chi connectivity index (χ0v) is 15.5. The number of hydrazine groups is 1. The molecule has 0 aliphatic heterocycles. The molecule has 0 spiro atoms. The van der Waals surface area contributed by atoms with Gasteiger partial charge in [-0.05, 0) is 49.8 Å². The smallest absolute Gasteiger partial charge is 0.273 e. The van der Waals surface area contributed by atoms with Gasteiger partial charge in [0.15, 0.2) is 5.11 Å². The van der Waals surface area contributed by atoms with Gasteiger partial charge in [-0.2, -0.15) is 0 Å². The summed E-state index contributed by atoms with van der Waals surface area (Å²) in [5.41, 5.74) is 6.81. The van der Waals surface area contributed by atoms with E-state index in [1.807, 2.05) is 19.9 Å². The Labute approximate surface area is 157 Å². The topological polar surface area (TPSA) is 79.5 Å². The first-order valence-electron chi connectivity index (χ1n) is 8.21. The lowest BCUT2D eigenvalue weighted by atomic mass is 10.1. The Kier molecular flexibility index (Phi) is 7.11. The van der Waals surface area contributed by atoms with Crippen LogP contribution in [0.5, 0.6) is 5.75 Å². The molecule has 0 saturated heterocycles. The molecule has 2 rings (SSSR count). The van der Waals surface area contributed by atoms with Crippen LogP contribution in [-0.4, -0.2) is 23.5 Å². The van der Waals surface area contributed by atoms with Gasteiger partial charge >= 0.3 is 0 Å². The molecule has 6 nitrogen and oxygen atoms in total. The number of rotatable bonds is 5. The Balaban J connectivity index is 1.91. The first kappa shape index (κ1) is 19.4. The van der Waals surface area contributed by atoms with Gasteiger partial charge in [-0.25, -0.2) is 0 Å². The minimum absolute atomic E-state index is 0.00295. The lowest BCUT2D eigenvalue weighted by Crippen LogP contribution is -2.48. The molecule has 0 aliphatic rings. The van der Waals surface area contributed by atoms with Crippen LogP contribution in [0.3, 0.4) is 0 Å². The quantitative estimate of drug-likeness (QED) is 0.556. The summed E-state index contributed by atoms with van der Waals surface area (Å²) in [7, 11) is 0. The van der Waals surface area contributed by atoms with E-state index in [0.717, 1.165) is 12.0 Å². The van der Waals surface area contributed by atoms with E-state index in [9.17, 15) is 9.59 Å². The number of hydrogen-bond acceptors (Lipinski definition) is 4. The highest BCUT2D eigenvalue weighted by Crippen LogP contribution is 2.17. The number of para-hydroxylation sites is 1. The van der Waals surface area contributed by atoms with Gasteiger partial charge in [-0.1, -0.05) is 36.8 Å². The highest BCUT2D eigenvalue weighted by Gasteiger charge is 2.13. The Morgan fingerprint density at radius 2 is 1.81 bits per heavy atom. The lowest BCUT2D eigenvalue weighted by Gasteiger charge is -2.13. The molecule has 0 fully saturated rings. The largest absolute Gasteiger partial charge is 0.493 e. The second kappa shape index (κ2) is 9.53. The molecule has 3 N–H and O–H groups in total. The van der Waals surface area contributed by atoms with Crippen molar-refractivity contribution in [2.24, 2.45) is 0 Å². The van der Waals surface area contributed by atoms with Crippen molar-refractivity contribution in [2.45, 2.75) is 20.3 Å². The van der Waals surface area contributed by atoms with Gasteiger partial charge in [0.25, 0.3) is 11.8 Å². The molecule has 0 saturated carbocycles. The van der Waals surface area contributed by atoms with E-state index < -0.39 is 5.91 Å². The SMILES string of the molecule is CCCOc1ccccc1C(=O)NNC(=S)NC(=O)c1cccc(C)c1. The third kappa shape index (κ3) is 5.56. The van der Waals surface area contributed by atoms with Gasteiger partial charge in [-0.15, -0.1) is 0 Å². The number of nitrogens with one attached hydrogen (secondary N) is 3. The molecule has 0 aromatic heterocycles. The predicted molar refractivity (Wildman–Crippen MR) is 104 cm³/mol. The molecule has 7 heteroatoms. The van der Waals surface area contributed by atoms with Crippen molar-refractivity contribution < 1.29 is 14.3 Å². The number of benzene rings is 2. The first-order chi connectivity index (χ1) is 12.5. The van der Waals surface area contributed by atoms with Crippen LogP contribution in [0.1, 0.15) is 39.6 Å². The average molecular weight is 371 g/mol. The Morgan fingerprint density at radius 1 is 1.04 bits per heavy atom. The van der Waals surface area contributed by atoms with Crippen LogP contribution in [-0.2, 0) is 0 Å². The van der Waals surface area contributed by atoms with Crippen molar-refractivity contribution in [1.29, 1.82) is 0 Å². The van der Waals surface area contributed by atoms with E-state index in [0.29, 0.717) is 23.5 Å². The van der Waals surface area contributed by atoms with E-state index in [4.69, 9.17) is 17.0 Å². The van der Waals surface area contributed by atoms with Crippen molar-refractivity contribution >= 4 is 29.1 Å². The second-order valence-corrected chi connectivity index (χ2v) is 5.98. The molecular formula is C19H21N3O3S. The van der Waals surface area contributed by atoms with Crippen molar-refractivity contribution in [3.63, 3.8) is 0 Å². The lowest BCUT2D eigenvalue weighted by molar-refractivity contribution is 0.0931. The van der Waals surface area contributed by atoms with E-state index in [-0.39, 0.29) is 11.0 Å². The fourth-order valence-corrected chi connectivity index (χ4v) is 2.31. The molecule has 2 amide bonds. The number of hydrogen-bond donors (Lipinski definition) is 3. The zero-order valence-electron chi connectivity index (χ0n) is 14.7. The number of carbonyl (C=O) groups is 2. The normalized spacial score (nSPS) is 9.92. The van der Waals surface area contributed by atoms with Gasteiger partial charge in [0.1, 0.15) is 5.75 Å². The van der Waals surface area contributed by atoms with E-state index in [1.165, 1.54) is 0 Å². The third-order valence-corrected chi connectivity index (χ3v) is 3.59.